The molecule has 0 aliphatic heterocycles. The number of carbonyl (C=O) groups is 2. The monoisotopic (exact) mass is 270 g/mol. The number of carboxylic acid groups (broad SMARTS) is 1. The molecule has 0 saturated heterocycles. The van der Waals surface area contributed by atoms with Crippen molar-refractivity contribution >= 4 is 11.8 Å². The Hall–Kier alpha value is -0.860. The number of carbonyl (C=O) groups excluding carboxylic acids is 1. The van der Waals surface area contributed by atoms with Crippen LogP contribution in [0.4, 0.5) is 0 Å². The Bertz CT molecular complexity index is 286. The van der Waals surface area contributed by atoms with Crippen molar-refractivity contribution in [3.63, 3.8) is 0 Å². The second kappa shape index (κ2) is 9.11. The summed E-state index contributed by atoms with van der Waals surface area (Å²) >= 11 is 0. The van der Waals surface area contributed by atoms with Gasteiger partial charge in [0.1, 0.15) is 5.41 Å². The van der Waals surface area contributed by atoms with Gasteiger partial charge in [-0.05, 0) is 25.7 Å². The maximum atomic E-state index is 12.7. The number of unbranched alkanes of at least 4 members (excludes halogenated alkanes) is 2. The molecule has 19 heavy (non-hydrogen) atoms. The Morgan fingerprint density at radius 3 is 2.00 bits per heavy atom. The lowest BCUT2D eigenvalue weighted by atomic mass is 9.71. The van der Waals surface area contributed by atoms with Gasteiger partial charge in [0.2, 0.25) is 0 Å². The standard InChI is InChI=1S/C16H30O3/c1-5-9-11-13(7-3)14(17)16(8-4,15(18)19)12-10-6-2/h13H,5-12H2,1-4H3,(H,18,19). The van der Waals surface area contributed by atoms with Gasteiger partial charge in [-0.15, -0.1) is 0 Å². The SMILES string of the molecule is CCCCC(CC)C(=O)C(CC)(CCCC)C(=O)O. The molecule has 1 N–H and O–H groups in total. The van der Waals surface area contributed by atoms with E-state index in [1.165, 1.54) is 0 Å². The van der Waals surface area contributed by atoms with Gasteiger partial charge in [-0.25, -0.2) is 0 Å². The molecular weight excluding hydrogens is 240 g/mol. The maximum Gasteiger partial charge on any atom is 0.317 e. The second-order valence-corrected chi connectivity index (χ2v) is 5.46. The van der Waals surface area contributed by atoms with Gasteiger partial charge in [0.05, 0.1) is 0 Å². The van der Waals surface area contributed by atoms with Crippen LogP contribution in [0.25, 0.3) is 0 Å². The molecule has 0 fully saturated rings. The predicted octanol–water partition coefficient (Wildman–Crippen LogP) is 4.44. The molecule has 3 heteroatoms. The normalized spacial score (nSPS) is 15.8. The van der Waals surface area contributed by atoms with Crippen LogP contribution >= 0.6 is 0 Å². The van der Waals surface area contributed by atoms with Crippen LogP contribution in [0.3, 0.4) is 0 Å². The van der Waals surface area contributed by atoms with Crippen molar-refractivity contribution in [3.05, 3.63) is 0 Å². The highest BCUT2D eigenvalue weighted by atomic mass is 16.4. The Balaban J connectivity index is 5.10. The van der Waals surface area contributed by atoms with E-state index in [9.17, 15) is 14.7 Å². The van der Waals surface area contributed by atoms with E-state index in [1.807, 2.05) is 20.8 Å². The van der Waals surface area contributed by atoms with Gasteiger partial charge in [0, 0.05) is 5.92 Å². The first-order valence-electron chi connectivity index (χ1n) is 7.77. The summed E-state index contributed by atoms with van der Waals surface area (Å²) in [6, 6.07) is 0. The summed E-state index contributed by atoms with van der Waals surface area (Å²) in [4.78, 5) is 24.4. The molecule has 3 nitrogen and oxygen atoms in total. The van der Waals surface area contributed by atoms with E-state index >= 15 is 0 Å². The molecule has 0 rings (SSSR count). The van der Waals surface area contributed by atoms with Crippen LogP contribution in [0.15, 0.2) is 0 Å². The Morgan fingerprint density at radius 2 is 1.63 bits per heavy atom. The molecule has 0 aliphatic carbocycles. The molecular formula is C16H30O3. The second-order valence-electron chi connectivity index (χ2n) is 5.46. The van der Waals surface area contributed by atoms with Crippen LogP contribution in [0, 0.1) is 11.3 Å². The minimum Gasteiger partial charge on any atom is -0.480 e. The minimum atomic E-state index is -1.15. The summed E-state index contributed by atoms with van der Waals surface area (Å²) in [5, 5.41) is 9.57. The van der Waals surface area contributed by atoms with Gasteiger partial charge < -0.3 is 5.11 Å². The Kier molecular flexibility index (Phi) is 8.70. The summed E-state index contributed by atoms with van der Waals surface area (Å²) in [7, 11) is 0. The number of Topliss-reactive ketones (excluding diaryl/α,β-unsaturated/α-hetero) is 1. The molecule has 0 saturated carbocycles. The Morgan fingerprint density at radius 1 is 1.05 bits per heavy atom. The van der Waals surface area contributed by atoms with Crippen molar-refractivity contribution in [2.75, 3.05) is 0 Å². The first-order valence-corrected chi connectivity index (χ1v) is 7.77. The molecule has 0 spiro atoms. The van der Waals surface area contributed by atoms with Crippen LogP contribution in [-0.2, 0) is 9.59 Å². The summed E-state index contributed by atoms with van der Waals surface area (Å²) < 4.78 is 0. The average Bonchev–Trinajstić information content (AvgIpc) is 2.40. The molecule has 2 atom stereocenters. The number of carboxylic acids is 1. The van der Waals surface area contributed by atoms with Crippen molar-refractivity contribution in [2.24, 2.45) is 11.3 Å². The summed E-state index contributed by atoms with van der Waals surface area (Å²) in [6.45, 7) is 7.94. The Labute approximate surface area is 117 Å². The molecule has 0 radical (unpaired) electrons. The number of ketones is 1. The third kappa shape index (κ3) is 4.63. The van der Waals surface area contributed by atoms with Crippen LogP contribution in [0.5, 0.6) is 0 Å². The summed E-state index contributed by atoms with van der Waals surface area (Å²) in [5.41, 5.74) is -1.15. The molecule has 2 unspecified atom stereocenters. The van der Waals surface area contributed by atoms with E-state index in [4.69, 9.17) is 0 Å². The first-order chi connectivity index (χ1) is 8.99. The van der Waals surface area contributed by atoms with E-state index in [-0.39, 0.29) is 11.7 Å². The zero-order chi connectivity index (χ0) is 14.9. The zero-order valence-corrected chi connectivity index (χ0v) is 13.0. The highest BCUT2D eigenvalue weighted by Crippen LogP contribution is 2.35. The van der Waals surface area contributed by atoms with Gasteiger partial charge in [0.15, 0.2) is 5.78 Å². The van der Waals surface area contributed by atoms with Gasteiger partial charge in [-0.3, -0.25) is 9.59 Å². The predicted molar refractivity (Wildman–Crippen MR) is 78.2 cm³/mol. The van der Waals surface area contributed by atoms with Crippen LogP contribution in [0.2, 0.25) is 0 Å². The minimum absolute atomic E-state index is 0.0353. The largest absolute Gasteiger partial charge is 0.480 e. The molecule has 0 heterocycles. The molecule has 112 valence electrons. The van der Waals surface area contributed by atoms with Crippen LogP contribution in [0.1, 0.15) is 79.1 Å². The average molecular weight is 270 g/mol. The highest BCUT2D eigenvalue weighted by molar-refractivity contribution is 6.04. The van der Waals surface area contributed by atoms with E-state index in [0.29, 0.717) is 12.8 Å². The molecule has 0 aromatic heterocycles. The van der Waals surface area contributed by atoms with Gasteiger partial charge in [-0.1, -0.05) is 53.4 Å². The fourth-order valence-corrected chi connectivity index (χ4v) is 2.68. The van der Waals surface area contributed by atoms with Crippen molar-refractivity contribution in [2.45, 2.75) is 79.1 Å². The van der Waals surface area contributed by atoms with Crippen molar-refractivity contribution in [1.29, 1.82) is 0 Å². The van der Waals surface area contributed by atoms with Gasteiger partial charge >= 0.3 is 5.97 Å². The van der Waals surface area contributed by atoms with Crippen LogP contribution < -0.4 is 0 Å². The number of aliphatic carboxylic acids is 1. The smallest absolute Gasteiger partial charge is 0.317 e. The fourth-order valence-electron chi connectivity index (χ4n) is 2.68. The van der Waals surface area contributed by atoms with E-state index in [0.717, 1.165) is 38.5 Å². The number of hydrogen-bond donors (Lipinski definition) is 1. The van der Waals surface area contributed by atoms with Gasteiger partial charge in [0.25, 0.3) is 0 Å². The summed E-state index contributed by atoms with van der Waals surface area (Å²) in [5.74, 6) is -1.05. The van der Waals surface area contributed by atoms with E-state index in [1.54, 1.807) is 0 Å². The molecule has 0 bridgehead atoms. The molecule has 0 aromatic carbocycles. The third-order valence-corrected chi connectivity index (χ3v) is 4.21. The lowest BCUT2D eigenvalue weighted by Gasteiger charge is -2.30. The van der Waals surface area contributed by atoms with E-state index in [2.05, 4.69) is 6.92 Å². The van der Waals surface area contributed by atoms with Crippen molar-refractivity contribution in [1.82, 2.24) is 0 Å². The maximum absolute atomic E-state index is 12.7. The zero-order valence-electron chi connectivity index (χ0n) is 13.0. The van der Waals surface area contributed by atoms with Crippen molar-refractivity contribution in [3.8, 4) is 0 Å². The third-order valence-electron chi connectivity index (χ3n) is 4.21. The van der Waals surface area contributed by atoms with Crippen molar-refractivity contribution < 1.29 is 14.7 Å². The fraction of sp³-hybridized carbons (Fsp3) is 0.875. The highest BCUT2D eigenvalue weighted by Gasteiger charge is 2.45. The first kappa shape index (κ1) is 18.1. The molecule has 0 aliphatic rings. The lowest BCUT2D eigenvalue weighted by molar-refractivity contribution is -0.157. The van der Waals surface area contributed by atoms with Crippen LogP contribution in [-0.4, -0.2) is 16.9 Å². The lowest BCUT2D eigenvalue weighted by Crippen LogP contribution is -2.42. The molecule has 0 amide bonds. The summed E-state index contributed by atoms with van der Waals surface area (Å²) in [6.07, 6.45) is 6.24. The van der Waals surface area contributed by atoms with E-state index < -0.39 is 11.4 Å². The quantitative estimate of drug-likeness (QED) is 0.564. The molecule has 0 aromatic rings. The number of rotatable bonds is 11. The topological polar surface area (TPSA) is 54.4 Å². The van der Waals surface area contributed by atoms with Gasteiger partial charge in [-0.2, -0.15) is 0 Å². The number of hydrogen-bond acceptors (Lipinski definition) is 2.